The van der Waals surface area contributed by atoms with Crippen LogP contribution in [0.3, 0.4) is 0 Å². The zero-order valence-corrected chi connectivity index (χ0v) is 27.1. The standard InChI is InChI=1S/C30H27Cl2FIN5O2S/c1-15-20-12-23(29-17-10-18(14-36-13-17)39(29)30(40)41-8-9-42-34)38-27(20)21-11-16(4-3-7-35)24(26(33)28(21)37-15)19-5-2-6-22(31)25(19)32/h2,5-6,11-12,17-18,29,36,38H,3-4,8-10,13-14H2,1H3. The number of hydrogen-bond donors (Lipinski definition) is 2. The fourth-order valence-corrected chi connectivity index (χ4v) is 7.57. The van der Waals surface area contributed by atoms with Crippen molar-refractivity contribution < 1.29 is 13.9 Å². The van der Waals surface area contributed by atoms with Gasteiger partial charge >= 0.3 is 6.09 Å². The molecule has 2 bridgehead atoms. The van der Waals surface area contributed by atoms with Gasteiger partial charge in [-0.15, -0.1) is 0 Å². The van der Waals surface area contributed by atoms with E-state index in [9.17, 15) is 10.1 Å². The van der Waals surface area contributed by atoms with Gasteiger partial charge in [0.25, 0.3) is 0 Å². The molecule has 4 heterocycles. The molecule has 2 aromatic heterocycles. The van der Waals surface area contributed by atoms with E-state index in [0.29, 0.717) is 45.8 Å². The quantitative estimate of drug-likeness (QED) is 0.147. The number of nitriles is 1. The minimum Gasteiger partial charge on any atom is -0.448 e. The molecule has 6 rings (SSSR count). The molecule has 4 aromatic rings. The van der Waals surface area contributed by atoms with Crippen LogP contribution in [0.1, 0.15) is 35.8 Å². The Bertz CT molecular complexity index is 1740. The fraction of sp³-hybridized carbons (Fsp3) is 0.367. The van der Waals surface area contributed by atoms with Gasteiger partial charge in [-0.1, -0.05) is 44.3 Å². The molecule has 0 saturated carbocycles. The summed E-state index contributed by atoms with van der Waals surface area (Å²) in [5.74, 6) is 0.426. The third-order valence-electron chi connectivity index (χ3n) is 8.24. The van der Waals surface area contributed by atoms with E-state index in [-0.39, 0.29) is 41.1 Å². The number of aromatic nitrogens is 2. The summed E-state index contributed by atoms with van der Waals surface area (Å²) in [6.07, 6.45) is 1.11. The molecule has 2 aliphatic rings. The van der Waals surface area contributed by atoms with E-state index in [0.717, 1.165) is 41.9 Å². The highest BCUT2D eigenvalue weighted by Gasteiger charge is 2.48. The van der Waals surface area contributed by atoms with E-state index in [4.69, 9.17) is 32.9 Å². The summed E-state index contributed by atoms with van der Waals surface area (Å²) < 4.78 is 22.2. The molecule has 1 amide bonds. The zero-order valence-electron chi connectivity index (χ0n) is 22.6. The van der Waals surface area contributed by atoms with Crippen LogP contribution >= 0.6 is 53.3 Å². The number of halogens is 4. The summed E-state index contributed by atoms with van der Waals surface area (Å²) in [5.41, 5.74) is 3.91. The summed E-state index contributed by atoms with van der Waals surface area (Å²) in [5, 5.41) is 14.9. The number of nitrogens with zero attached hydrogens (tertiary/aromatic N) is 3. The van der Waals surface area contributed by atoms with E-state index in [1.165, 1.54) is 0 Å². The lowest BCUT2D eigenvalue weighted by atomic mass is 9.93. The summed E-state index contributed by atoms with van der Waals surface area (Å²) in [7, 11) is 1.60. The maximum atomic E-state index is 16.5. The second-order valence-electron chi connectivity index (χ2n) is 10.7. The number of carbonyl (C=O) groups excluding carboxylic acids is 1. The Morgan fingerprint density at radius 2 is 2.14 bits per heavy atom. The third-order valence-corrected chi connectivity index (χ3v) is 10.7. The number of benzene rings is 2. The van der Waals surface area contributed by atoms with E-state index < -0.39 is 5.82 Å². The van der Waals surface area contributed by atoms with Gasteiger partial charge in [-0.25, -0.2) is 14.2 Å². The second kappa shape index (κ2) is 12.4. The van der Waals surface area contributed by atoms with Crippen molar-refractivity contribution in [3.05, 3.63) is 63.1 Å². The first-order chi connectivity index (χ1) is 20.3. The first-order valence-corrected chi connectivity index (χ1v) is 18.0. The molecule has 3 unspecified atom stereocenters. The topological polar surface area (TPSA) is 94.0 Å². The molecule has 0 radical (unpaired) electrons. The highest BCUT2D eigenvalue weighted by atomic mass is 127. The van der Waals surface area contributed by atoms with Crippen molar-refractivity contribution in [3.8, 4) is 17.2 Å². The van der Waals surface area contributed by atoms with E-state index >= 15 is 4.39 Å². The molecule has 2 aliphatic heterocycles. The van der Waals surface area contributed by atoms with Crippen LogP contribution in [0, 0.1) is 30.0 Å². The summed E-state index contributed by atoms with van der Waals surface area (Å²) in [6, 6.07) is 11.0. The van der Waals surface area contributed by atoms with Gasteiger partial charge in [0.2, 0.25) is 0 Å². The highest BCUT2D eigenvalue weighted by molar-refractivity contribution is 14.2. The number of rotatable bonds is 7. The molecule has 2 N–H and O–H groups in total. The van der Waals surface area contributed by atoms with Crippen LogP contribution in [0.15, 0.2) is 30.3 Å². The number of carbonyl (C=O) groups is 1. The highest BCUT2D eigenvalue weighted by Crippen LogP contribution is 2.45. The maximum absolute atomic E-state index is 16.5. The van der Waals surface area contributed by atoms with Crippen molar-refractivity contribution in [2.45, 2.75) is 38.3 Å². The zero-order chi connectivity index (χ0) is 29.5. The molecular weight excluding hydrogens is 711 g/mol. The lowest BCUT2D eigenvalue weighted by Crippen LogP contribution is -2.42. The number of piperidine rings is 1. The molecule has 2 saturated heterocycles. The van der Waals surface area contributed by atoms with E-state index in [1.807, 2.05) is 24.0 Å². The maximum Gasteiger partial charge on any atom is 0.410 e. The number of amides is 1. The predicted octanol–water partition coefficient (Wildman–Crippen LogP) is 8.15. The third kappa shape index (κ3) is 5.21. The minimum atomic E-state index is -0.509. The van der Waals surface area contributed by atoms with Gasteiger partial charge in [0, 0.05) is 64.6 Å². The van der Waals surface area contributed by atoms with Crippen LogP contribution in [0.2, 0.25) is 10.0 Å². The van der Waals surface area contributed by atoms with Crippen molar-refractivity contribution in [1.29, 1.82) is 5.26 Å². The number of pyridine rings is 1. The number of likely N-dealkylation sites (tertiary alicyclic amines) is 1. The number of nitrogens with one attached hydrogen (secondary N) is 2. The monoisotopic (exact) mass is 737 g/mol. The van der Waals surface area contributed by atoms with Gasteiger partial charge in [-0.2, -0.15) is 5.26 Å². The van der Waals surface area contributed by atoms with Crippen molar-refractivity contribution in [2.75, 3.05) is 25.4 Å². The van der Waals surface area contributed by atoms with Crippen LogP contribution in [-0.2, 0) is 11.2 Å². The second-order valence-corrected chi connectivity index (χ2v) is 14.0. The number of aryl methyl sites for hydroxylation is 2. The van der Waals surface area contributed by atoms with Gasteiger partial charge in [0.05, 0.1) is 27.7 Å². The smallest absolute Gasteiger partial charge is 0.410 e. The average Bonchev–Trinajstić information content (AvgIpc) is 3.53. The number of ether oxygens (including phenoxy) is 1. The summed E-state index contributed by atoms with van der Waals surface area (Å²) in [4.78, 5) is 23.5. The van der Waals surface area contributed by atoms with Crippen LogP contribution in [0.25, 0.3) is 32.9 Å². The van der Waals surface area contributed by atoms with Crippen LogP contribution in [0.5, 0.6) is 0 Å². The Balaban J connectivity index is 1.52. The van der Waals surface area contributed by atoms with Crippen molar-refractivity contribution in [1.82, 2.24) is 20.2 Å². The molecule has 12 heteroatoms. The van der Waals surface area contributed by atoms with Crippen molar-refractivity contribution >= 4 is 81.2 Å². The van der Waals surface area contributed by atoms with Crippen molar-refractivity contribution in [2.24, 2.45) is 5.92 Å². The summed E-state index contributed by atoms with van der Waals surface area (Å²) >= 11 is 15.0. The van der Waals surface area contributed by atoms with E-state index in [2.05, 4.69) is 37.6 Å². The van der Waals surface area contributed by atoms with Gasteiger partial charge in [-0.05, 0) is 70.7 Å². The number of H-pyrrole nitrogens is 1. The molecule has 3 atom stereocenters. The largest absolute Gasteiger partial charge is 0.448 e. The molecule has 2 aromatic carbocycles. The van der Waals surface area contributed by atoms with Crippen LogP contribution in [0.4, 0.5) is 9.18 Å². The average molecular weight is 738 g/mol. The lowest BCUT2D eigenvalue weighted by Gasteiger charge is -2.28. The minimum absolute atomic E-state index is 0.0379. The van der Waals surface area contributed by atoms with Gasteiger partial charge in [0.1, 0.15) is 12.1 Å². The molecule has 42 heavy (non-hydrogen) atoms. The number of hydrogen-bond acceptors (Lipinski definition) is 6. The Morgan fingerprint density at radius 3 is 2.93 bits per heavy atom. The van der Waals surface area contributed by atoms with Gasteiger partial charge < -0.3 is 15.0 Å². The Morgan fingerprint density at radius 1 is 1.31 bits per heavy atom. The molecule has 7 nitrogen and oxygen atoms in total. The SMILES string of the molecule is Cc1nc2c(F)c(-c3cccc(Cl)c3Cl)c(CCC#N)cc2c2[nH]c(C3C4CNCC(C4)N3C(=O)OCCSI)cc12. The van der Waals surface area contributed by atoms with Gasteiger partial charge in [0.15, 0.2) is 5.82 Å². The van der Waals surface area contributed by atoms with Gasteiger partial charge in [-0.3, -0.25) is 4.90 Å². The fourth-order valence-electron chi connectivity index (χ4n) is 6.49. The lowest BCUT2D eigenvalue weighted by molar-refractivity contribution is 0.0883. The Kier molecular flexibility index (Phi) is 8.76. The molecule has 218 valence electrons. The van der Waals surface area contributed by atoms with Crippen LogP contribution in [-0.4, -0.2) is 52.5 Å². The van der Waals surface area contributed by atoms with Crippen molar-refractivity contribution in [3.63, 3.8) is 0 Å². The Hall–Kier alpha value is -2.30. The predicted molar refractivity (Wildman–Crippen MR) is 175 cm³/mol. The first kappa shape index (κ1) is 29.8. The Labute approximate surface area is 269 Å². The summed E-state index contributed by atoms with van der Waals surface area (Å²) in [6.45, 7) is 3.72. The van der Waals surface area contributed by atoms with E-state index in [1.54, 1.807) is 27.1 Å². The molecule has 2 fully saturated rings. The molecule has 0 spiro atoms. The molecule has 0 aliphatic carbocycles. The number of fused-ring (bicyclic) bond motifs is 5. The first-order valence-electron chi connectivity index (χ1n) is 13.7. The number of aromatic amines is 1. The normalized spacial score (nSPS) is 19.9. The molecular formula is C30H27Cl2FIN5O2S. The van der Waals surface area contributed by atoms with Crippen LogP contribution < -0.4 is 5.32 Å².